The van der Waals surface area contributed by atoms with E-state index >= 15 is 0 Å². The van der Waals surface area contributed by atoms with Gasteiger partial charge in [-0.2, -0.15) is 0 Å². The lowest BCUT2D eigenvalue weighted by atomic mass is 10.00. The number of piperazine rings is 1. The number of hydrogen-bond acceptors (Lipinski definition) is 4. The highest BCUT2D eigenvalue weighted by Gasteiger charge is 2.18. The fourth-order valence-electron chi connectivity index (χ4n) is 4.92. The molecule has 194 valence electrons. The third kappa shape index (κ3) is 7.92. The van der Waals surface area contributed by atoms with Gasteiger partial charge in [-0.3, -0.25) is 25.3 Å². The number of benzene rings is 3. The molecule has 1 aliphatic rings. The molecular weight excluding hydrogens is 460 g/mol. The lowest BCUT2D eigenvalue weighted by Crippen LogP contribution is -2.47. The first kappa shape index (κ1) is 26.4. The van der Waals surface area contributed by atoms with E-state index in [4.69, 9.17) is 0 Å². The minimum Gasteiger partial charge on any atom is -0.369 e. The Hall–Kier alpha value is -3.64. The molecule has 3 aromatic carbocycles. The second-order valence-corrected chi connectivity index (χ2v) is 9.93. The van der Waals surface area contributed by atoms with Crippen LogP contribution in [0.15, 0.2) is 72.8 Å². The van der Waals surface area contributed by atoms with Crippen LogP contribution in [-0.2, 0) is 28.9 Å². The molecule has 1 aliphatic heterocycles. The maximum atomic E-state index is 12.5. The lowest BCUT2D eigenvalue weighted by Gasteiger charge is -2.37. The van der Waals surface area contributed by atoms with E-state index in [-0.39, 0.29) is 24.7 Å². The van der Waals surface area contributed by atoms with Gasteiger partial charge in [-0.05, 0) is 67.1 Å². The van der Waals surface area contributed by atoms with Crippen LogP contribution >= 0.6 is 0 Å². The van der Waals surface area contributed by atoms with Crippen LogP contribution < -0.4 is 15.8 Å². The fourth-order valence-corrected chi connectivity index (χ4v) is 4.92. The molecule has 1 saturated heterocycles. The van der Waals surface area contributed by atoms with Gasteiger partial charge < -0.3 is 4.90 Å². The van der Waals surface area contributed by atoms with E-state index in [0.717, 1.165) is 56.7 Å². The van der Waals surface area contributed by atoms with Crippen LogP contribution in [0.1, 0.15) is 34.2 Å². The molecule has 1 heterocycles. The van der Waals surface area contributed by atoms with Gasteiger partial charge in [0, 0.05) is 31.9 Å². The number of anilines is 1. The minimum absolute atomic E-state index is 0.212. The number of nitrogens with one attached hydrogen (secondary N) is 2. The summed E-state index contributed by atoms with van der Waals surface area (Å²) >= 11 is 0. The van der Waals surface area contributed by atoms with Crippen LogP contribution in [0.3, 0.4) is 0 Å². The molecule has 2 N–H and O–H groups in total. The number of amides is 2. The highest BCUT2D eigenvalue weighted by Crippen LogP contribution is 2.23. The molecule has 2 amide bonds. The van der Waals surface area contributed by atoms with E-state index in [1.807, 2.05) is 48.5 Å². The number of aryl methyl sites for hydroxylation is 3. The quantitative estimate of drug-likeness (QED) is 0.438. The van der Waals surface area contributed by atoms with Gasteiger partial charge in [-0.15, -0.1) is 0 Å². The Kier molecular flexibility index (Phi) is 9.33. The highest BCUT2D eigenvalue weighted by atomic mass is 16.2. The van der Waals surface area contributed by atoms with Gasteiger partial charge in [0.15, 0.2) is 0 Å². The van der Waals surface area contributed by atoms with E-state index in [0.29, 0.717) is 0 Å². The van der Waals surface area contributed by atoms with Crippen molar-refractivity contribution in [3.8, 4) is 0 Å². The summed E-state index contributed by atoms with van der Waals surface area (Å²) in [6.07, 6.45) is 2.46. The molecule has 1 fully saturated rings. The van der Waals surface area contributed by atoms with Crippen molar-refractivity contribution in [2.45, 2.75) is 39.5 Å². The Morgan fingerprint density at radius 1 is 0.757 bits per heavy atom. The summed E-state index contributed by atoms with van der Waals surface area (Å²) in [5, 5.41) is 0. The molecular formula is C31H38N4O2. The molecule has 0 saturated carbocycles. The average molecular weight is 499 g/mol. The zero-order chi connectivity index (χ0) is 26.0. The van der Waals surface area contributed by atoms with Gasteiger partial charge in [-0.1, -0.05) is 66.7 Å². The van der Waals surface area contributed by atoms with Gasteiger partial charge in [-0.25, -0.2) is 0 Å². The predicted octanol–water partition coefficient (Wildman–Crippen LogP) is 3.99. The normalized spacial score (nSPS) is 13.8. The molecule has 0 radical (unpaired) electrons. The molecule has 0 unspecified atom stereocenters. The second-order valence-electron chi connectivity index (χ2n) is 9.93. The highest BCUT2D eigenvalue weighted by molar-refractivity contribution is 5.84. The Labute approximate surface area is 220 Å². The van der Waals surface area contributed by atoms with E-state index in [1.54, 1.807) is 0 Å². The number of carbonyl (C=O) groups is 2. The lowest BCUT2D eigenvalue weighted by molar-refractivity contribution is -0.128. The van der Waals surface area contributed by atoms with Gasteiger partial charge in [0.1, 0.15) is 0 Å². The van der Waals surface area contributed by atoms with Crippen LogP contribution in [0.2, 0.25) is 0 Å². The van der Waals surface area contributed by atoms with Crippen molar-refractivity contribution in [3.63, 3.8) is 0 Å². The van der Waals surface area contributed by atoms with Crippen molar-refractivity contribution < 1.29 is 9.59 Å². The van der Waals surface area contributed by atoms with Crippen LogP contribution in [0, 0.1) is 13.8 Å². The third-order valence-corrected chi connectivity index (χ3v) is 7.02. The maximum Gasteiger partial charge on any atom is 0.242 e. The number of nitrogens with zero attached hydrogens (tertiary/aromatic N) is 2. The second kappa shape index (κ2) is 13.1. The summed E-state index contributed by atoms with van der Waals surface area (Å²) in [6, 6.07) is 24.3. The van der Waals surface area contributed by atoms with E-state index < -0.39 is 0 Å². The average Bonchev–Trinajstić information content (AvgIpc) is 2.91. The van der Waals surface area contributed by atoms with Crippen molar-refractivity contribution in [2.75, 3.05) is 37.6 Å². The molecule has 0 atom stereocenters. The van der Waals surface area contributed by atoms with E-state index in [2.05, 4.69) is 58.8 Å². The van der Waals surface area contributed by atoms with Crippen molar-refractivity contribution in [2.24, 2.45) is 0 Å². The van der Waals surface area contributed by atoms with Crippen LogP contribution in [0.5, 0.6) is 0 Å². The molecule has 3 aromatic rings. The first-order valence-corrected chi connectivity index (χ1v) is 13.2. The fraction of sp³-hybridized carbons (Fsp3) is 0.355. The van der Waals surface area contributed by atoms with E-state index in [1.165, 1.54) is 22.4 Å². The smallest absolute Gasteiger partial charge is 0.242 e. The van der Waals surface area contributed by atoms with Crippen LogP contribution in [0.4, 0.5) is 5.69 Å². The van der Waals surface area contributed by atoms with Crippen molar-refractivity contribution in [1.29, 1.82) is 0 Å². The zero-order valence-electron chi connectivity index (χ0n) is 22.0. The zero-order valence-corrected chi connectivity index (χ0v) is 22.0. The molecule has 6 heteroatoms. The molecule has 4 rings (SSSR count). The van der Waals surface area contributed by atoms with Crippen molar-refractivity contribution in [3.05, 3.63) is 101 Å². The first-order chi connectivity index (χ1) is 18.0. The Balaban J connectivity index is 1.20. The molecule has 0 spiro atoms. The number of hydrazine groups is 1. The topological polar surface area (TPSA) is 64.7 Å². The summed E-state index contributed by atoms with van der Waals surface area (Å²) in [7, 11) is 0. The minimum atomic E-state index is -0.231. The summed E-state index contributed by atoms with van der Waals surface area (Å²) in [5.74, 6) is -0.443. The Bertz CT molecular complexity index is 1190. The number of hydrogen-bond donors (Lipinski definition) is 2. The molecule has 0 aromatic heterocycles. The summed E-state index contributed by atoms with van der Waals surface area (Å²) in [5.41, 5.74) is 12.2. The molecule has 6 nitrogen and oxygen atoms in total. The standard InChI is InChI=1S/C31H38N4O2/c1-24-14-15-25(2)29(21-24)35-19-17-34(18-20-35)16-8-13-27-11-6-7-12-28(27)23-31(37)33-32-30(36)22-26-9-4-3-5-10-26/h3-7,9-12,14-15,21H,8,13,16-20,22-23H2,1-2H3,(H,32,36)(H,33,37). The monoisotopic (exact) mass is 498 g/mol. The predicted molar refractivity (Wildman–Crippen MR) is 149 cm³/mol. The Morgan fingerprint density at radius 2 is 1.41 bits per heavy atom. The van der Waals surface area contributed by atoms with Gasteiger partial charge in [0.2, 0.25) is 11.8 Å². The number of rotatable bonds is 9. The van der Waals surface area contributed by atoms with E-state index in [9.17, 15) is 9.59 Å². The molecule has 0 bridgehead atoms. The van der Waals surface area contributed by atoms with Crippen LogP contribution in [0.25, 0.3) is 0 Å². The largest absolute Gasteiger partial charge is 0.369 e. The van der Waals surface area contributed by atoms with Crippen molar-refractivity contribution >= 4 is 17.5 Å². The molecule has 0 aliphatic carbocycles. The third-order valence-electron chi connectivity index (χ3n) is 7.02. The maximum absolute atomic E-state index is 12.5. The van der Waals surface area contributed by atoms with Gasteiger partial charge >= 0.3 is 0 Å². The first-order valence-electron chi connectivity index (χ1n) is 13.2. The van der Waals surface area contributed by atoms with Gasteiger partial charge in [0.05, 0.1) is 12.8 Å². The van der Waals surface area contributed by atoms with Crippen molar-refractivity contribution in [1.82, 2.24) is 15.8 Å². The van der Waals surface area contributed by atoms with Gasteiger partial charge in [0.25, 0.3) is 0 Å². The summed E-state index contributed by atoms with van der Waals surface area (Å²) in [6.45, 7) is 9.64. The van der Waals surface area contributed by atoms with Crippen LogP contribution in [-0.4, -0.2) is 49.4 Å². The SMILES string of the molecule is Cc1ccc(C)c(N2CCN(CCCc3ccccc3CC(=O)NNC(=O)Cc3ccccc3)CC2)c1. The number of carbonyl (C=O) groups excluding carboxylic acids is 2. The Morgan fingerprint density at radius 3 is 2.14 bits per heavy atom. The summed E-state index contributed by atoms with van der Waals surface area (Å²) < 4.78 is 0. The molecule has 37 heavy (non-hydrogen) atoms. The summed E-state index contributed by atoms with van der Waals surface area (Å²) in [4.78, 5) is 29.7.